The second-order valence-electron chi connectivity index (χ2n) is 3.70. The van der Waals surface area contributed by atoms with E-state index in [1.807, 2.05) is 13.8 Å². The Kier molecular flexibility index (Phi) is 6.16. The quantitative estimate of drug-likeness (QED) is 0.567. The van der Waals surface area contributed by atoms with Crippen molar-refractivity contribution in [3.05, 3.63) is 26.6 Å². The summed E-state index contributed by atoms with van der Waals surface area (Å²) in [4.78, 5) is 10.7. The summed E-state index contributed by atoms with van der Waals surface area (Å²) in [7, 11) is 0. The molecule has 0 aromatic heterocycles. The second-order valence-corrected chi connectivity index (χ2v) is 5.41. The number of carbonyl (C=O) groups is 1. The van der Waals surface area contributed by atoms with Crippen molar-refractivity contribution in [2.24, 2.45) is 0 Å². The lowest BCUT2D eigenvalue weighted by atomic mass is 10.2. The van der Waals surface area contributed by atoms with Crippen LogP contribution in [0, 0.1) is 0 Å². The number of hydrogen-bond acceptors (Lipinski definition) is 3. The lowest BCUT2D eigenvalue weighted by Crippen LogP contribution is -2.11. The zero-order chi connectivity index (χ0) is 12.8. The van der Waals surface area contributed by atoms with Crippen LogP contribution >= 0.6 is 31.9 Å². The van der Waals surface area contributed by atoms with Gasteiger partial charge in [0.15, 0.2) is 0 Å². The molecule has 3 nitrogen and oxygen atoms in total. The molecular weight excluding hydrogens is 352 g/mol. The minimum absolute atomic E-state index is 0.197. The molecule has 17 heavy (non-hydrogen) atoms. The molecule has 0 aliphatic rings. The van der Waals surface area contributed by atoms with Gasteiger partial charge in [-0.3, -0.25) is 4.79 Å². The normalized spacial score (nSPS) is 10.6. The van der Waals surface area contributed by atoms with Crippen LogP contribution in [0.5, 0.6) is 5.75 Å². The van der Waals surface area contributed by atoms with Gasteiger partial charge in [0, 0.05) is 5.56 Å². The number of carbonyl (C=O) groups excluding carboxylic acids is 1. The molecule has 0 aliphatic carbocycles. The molecule has 94 valence electrons. The minimum atomic E-state index is 0.197. The van der Waals surface area contributed by atoms with Crippen LogP contribution in [-0.2, 0) is 4.74 Å². The van der Waals surface area contributed by atoms with Gasteiger partial charge < -0.3 is 9.47 Å². The molecule has 0 spiro atoms. The van der Waals surface area contributed by atoms with Crippen molar-refractivity contribution in [1.82, 2.24) is 0 Å². The average Bonchev–Trinajstić information content (AvgIpc) is 2.26. The average molecular weight is 366 g/mol. The van der Waals surface area contributed by atoms with Crippen molar-refractivity contribution in [3.8, 4) is 5.75 Å². The smallest absolute Gasteiger partial charge is 0.150 e. The van der Waals surface area contributed by atoms with E-state index in [0.717, 1.165) is 15.2 Å². The van der Waals surface area contributed by atoms with Crippen molar-refractivity contribution in [3.63, 3.8) is 0 Å². The molecule has 0 amide bonds. The molecule has 0 bridgehead atoms. The van der Waals surface area contributed by atoms with Crippen LogP contribution in [0.15, 0.2) is 21.1 Å². The summed E-state index contributed by atoms with van der Waals surface area (Å²) in [5.74, 6) is 0.683. The Morgan fingerprint density at radius 3 is 2.29 bits per heavy atom. The highest BCUT2D eigenvalue weighted by atomic mass is 79.9. The van der Waals surface area contributed by atoms with E-state index in [0.29, 0.717) is 24.5 Å². The minimum Gasteiger partial charge on any atom is -0.489 e. The van der Waals surface area contributed by atoms with Gasteiger partial charge in [0.1, 0.15) is 18.6 Å². The van der Waals surface area contributed by atoms with Crippen LogP contribution in [0.4, 0.5) is 0 Å². The maximum absolute atomic E-state index is 10.7. The topological polar surface area (TPSA) is 35.5 Å². The van der Waals surface area contributed by atoms with E-state index >= 15 is 0 Å². The first-order valence-corrected chi connectivity index (χ1v) is 6.81. The number of halogens is 2. The van der Waals surface area contributed by atoms with Crippen molar-refractivity contribution < 1.29 is 14.3 Å². The van der Waals surface area contributed by atoms with Crippen molar-refractivity contribution in [1.29, 1.82) is 0 Å². The molecule has 5 heteroatoms. The van der Waals surface area contributed by atoms with E-state index in [4.69, 9.17) is 9.47 Å². The Bertz CT molecular complexity index is 368. The van der Waals surface area contributed by atoms with Crippen LogP contribution in [0.2, 0.25) is 0 Å². The Morgan fingerprint density at radius 2 is 1.82 bits per heavy atom. The molecule has 1 aromatic carbocycles. The summed E-state index contributed by atoms with van der Waals surface area (Å²) in [6.45, 7) is 4.96. The standard InChI is InChI=1S/C12H14Br2O3/c1-8(2)16-3-4-17-12-10(13)5-9(7-15)6-11(12)14/h5-8H,3-4H2,1-2H3. The fraction of sp³-hybridized carbons (Fsp3) is 0.417. The Morgan fingerprint density at radius 1 is 1.24 bits per heavy atom. The Balaban J connectivity index is 2.62. The van der Waals surface area contributed by atoms with Crippen molar-refractivity contribution in [2.75, 3.05) is 13.2 Å². The fourth-order valence-corrected chi connectivity index (χ4v) is 2.66. The van der Waals surface area contributed by atoms with E-state index < -0.39 is 0 Å². The van der Waals surface area contributed by atoms with Gasteiger partial charge in [-0.25, -0.2) is 0 Å². The van der Waals surface area contributed by atoms with Gasteiger partial charge in [-0.05, 0) is 57.8 Å². The van der Waals surface area contributed by atoms with E-state index in [2.05, 4.69) is 31.9 Å². The van der Waals surface area contributed by atoms with Gasteiger partial charge in [0.2, 0.25) is 0 Å². The summed E-state index contributed by atoms with van der Waals surface area (Å²) in [6, 6.07) is 3.44. The van der Waals surface area contributed by atoms with Crippen molar-refractivity contribution >= 4 is 38.1 Å². The first kappa shape index (κ1) is 14.7. The second kappa shape index (κ2) is 7.13. The highest BCUT2D eigenvalue weighted by molar-refractivity contribution is 9.11. The SMILES string of the molecule is CC(C)OCCOc1c(Br)cc(C=O)cc1Br. The molecule has 0 radical (unpaired) electrons. The molecule has 0 unspecified atom stereocenters. The van der Waals surface area contributed by atoms with Crippen LogP contribution in [-0.4, -0.2) is 25.6 Å². The fourth-order valence-electron chi connectivity index (χ4n) is 1.21. The molecule has 1 rings (SSSR count). The van der Waals surface area contributed by atoms with Gasteiger partial charge in [0.05, 0.1) is 21.7 Å². The van der Waals surface area contributed by atoms with Crippen molar-refractivity contribution in [2.45, 2.75) is 20.0 Å². The molecule has 0 heterocycles. The van der Waals surface area contributed by atoms with Crippen LogP contribution in [0.1, 0.15) is 24.2 Å². The lowest BCUT2D eigenvalue weighted by molar-refractivity contribution is 0.0549. The van der Waals surface area contributed by atoms with E-state index in [9.17, 15) is 4.79 Å². The third kappa shape index (κ3) is 4.77. The molecule has 0 atom stereocenters. The van der Waals surface area contributed by atoms with E-state index in [1.54, 1.807) is 12.1 Å². The first-order chi connectivity index (χ1) is 8.04. The zero-order valence-corrected chi connectivity index (χ0v) is 12.9. The van der Waals surface area contributed by atoms with Gasteiger partial charge in [-0.2, -0.15) is 0 Å². The predicted molar refractivity (Wildman–Crippen MR) is 73.8 cm³/mol. The largest absolute Gasteiger partial charge is 0.489 e. The van der Waals surface area contributed by atoms with Gasteiger partial charge >= 0.3 is 0 Å². The summed E-state index contributed by atoms with van der Waals surface area (Å²) < 4.78 is 12.5. The summed E-state index contributed by atoms with van der Waals surface area (Å²) in [6.07, 6.45) is 0.990. The Labute approximate surface area is 118 Å². The zero-order valence-electron chi connectivity index (χ0n) is 9.70. The summed E-state index contributed by atoms with van der Waals surface area (Å²) in [5.41, 5.74) is 0.592. The highest BCUT2D eigenvalue weighted by Crippen LogP contribution is 2.34. The maximum Gasteiger partial charge on any atom is 0.150 e. The van der Waals surface area contributed by atoms with E-state index in [-0.39, 0.29) is 6.10 Å². The first-order valence-electron chi connectivity index (χ1n) is 5.23. The third-order valence-corrected chi connectivity index (χ3v) is 3.12. The maximum atomic E-state index is 10.7. The predicted octanol–water partition coefficient (Wildman–Crippen LogP) is 3.83. The van der Waals surface area contributed by atoms with Crippen LogP contribution in [0.3, 0.4) is 0 Å². The number of hydrogen-bond donors (Lipinski definition) is 0. The molecule has 0 aliphatic heterocycles. The number of ether oxygens (including phenoxy) is 2. The third-order valence-electron chi connectivity index (χ3n) is 1.94. The van der Waals surface area contributed by atoms with Gasteiger partial charge in [0.25, 0.3) is 0 Å². The molecular formula is C12H14Br2O3. The number of rotatable bonds is 6. The van der Waals surface area contributed by atoms with Crippen LogP contribution < -0.4 is 4.74 Å². The summed E-state index contributed by atoms with van der Waals surface area (Å²) in [5, 5.41) is 0. The number of aldehydes is 1. The molecule has 0 saturated heterocycles. The molecule has 0 fully saturated rings. The lowest BCUT2D eigenvalue weighted by Gasteiger charge is -2.12. The highest BCUT2D eigenvalue weighted by Gasteiger charge is 2.08. The molecule has 1 aromatic rings. The summed E-state index contributed by atoms with van der Waals surface area (Å²) >= 11 is 6.73. The number of benzene rings is 1. The van der Waals surface area contributed by atoms with Gasteiger partial charge in [-0.1, -0.05) is 0 Å². The Hall–Kier alpha value is -0.390. The monoisotopic (exact) mass is 364 g/mol. The molecule has 0 N–H and O–H groups in total. The van der Waals surface area contributed by atoms with E-state index in [1.165, 1.54) is 0 Å². The van der Waals surface area contributed by atoms with Gasteiger partial charge in [-0.15, -0.1) is 0 Å². The van der Waals surface area contributed by atoms with Crippen LogP contribution in [0.25, 0.3) is 0 Å². The molecule has 0 saturated carbocycles.